The van der Waals surface area contributed by atoms with Crippen LogP contribution in [0.15, 0.2) is 24.3 Å². The van der Waals surface area contributed by atoms with Crippen LogP contribution in [0.3, 0.4) is 0 Å². The van der Waals surface area contributed by atoms with Gasteiger partial charge in [-0.25, -0.2) is 5.84 Å². The van der Waals surface area contributed by atoms with Gasteiger partial charge in [-0.1, -0.05) is 29.8 Å². The summed E-state index contributed by atoms with van der Waals surface area (Å²) < 4.78 is 0. The summed E-state index contributed by atoms with van der Waals surface area (Å²) in [6, 6.07) is 9.53. The Morgan fingerprint density at radius 1 is 1.30 bits per heavy atom. The molecule has 2 aliphatic heterocycles. The lowest BCUT2D eigenvalue weighted by atomic mass is 9.75. The highest BCUT2D eigenvalue weighted by atomic mass is 16.2. The summed E-state index contributed by atoms with van der Waals surface area (Å²) >= 11 is 0. The van der Waals surface area contributed by atoms with Crippen molar-refractivity contribution in [2.24, 2.45) is 11.8 Å². The molecule has 4 atom stereocenters. The average Bonchev–Trinajstić information content (AvgIpc) is 2.70. The standard InChI is InChI=1S/C16H23N3O/c1-10-3-5-11(6-4-10)13-9-12-7-8-14(19(12)2)15(13)16(20)18-17/h3-6,12-15H,7-9,17H2,1-2H3,(H,18,20). The van der Waals surface area contributed by atoms with Gasteiger partial charge in [0, 0.05) is 12.1 Å². The Morgan fingerprint density at radius 2 is 2.00 bits per heavy atom. The molecule has 0 aliphatic carbocycles. The quantitative estimate of drug-likeness (QED) is 0.488. The molecule has 2 bridgehead atoms. The van der Waals surface area contributed by atoms with Crippen molar-refractivity contribution in [2.45, 2.75) is 44.2 Å². The Labute approximate surface area is 120 Å². The first kappa shape index (κ1) is 13.6. The third-order valence-corrected chi connectivity index (χ3v) is 5.22. The summed E-state index contributed by atoms with van der Waals surface area (Å²) in [5.74, 6) is 5.65. The van der Waals surface area contributed by atoms with E-state index < -0.39 is 0 Å². The number of fused-ring (bicyclic) bond motifs is 2. The molecule has 108 valence electrons. The third kappa shape index (κ3) is 2.13. The number of rotatable bonds is 2. The first-order valence-electron chi connectivity index (χ1n) is 7.40. The fraction of sp³-hybridized carbons (Fsp3) is 0.562. The largest absolute Gasteiger partial charge is 0.300 e. The minimum Gasteiger partial charge on any atom is -0.300 e. The number of nitrogens with one attached hydrogen (secondary N) is 1. The third-order valence-electron chi connectivity index (χ3n) is 5.22. The second-order valence-electron chi connectivity index (χ2n) is 6.25. The zero-order chi connectivity index (χ0) is 14.3. The molecular weight excluding hydrogens is 250 g/mol. The van der Waals surface area contributed by atoms with Crippen LogP contribution in [0, 0.1) is 12.8 Å². The zero-order valence-corrected chi connectivity index (χ0v) is 12.2. The summed E-state index contributed by atoms with van der Waals surface area (Å²) in [5, 5.41) is 0. The molecule has 4 unspecified atom stereocenters. The summed E-state index contributed by atoms with van der Waals surface area (Å²) in [4.78, 5) is 14.7. The van der Waals surface area contributed by atoms with Gasteiger partial charge in [-0.05, 0) is 44.7 Å². The smallest absolute Gasteiger partial charge is 0.239 e. The summed E-state index contributed by atoms with van der Waals surface area (Å²) in [5.41, 5.74) is 4.91. The molecule has 2 fully saturated rings. The molecule has 1 aromatic rings. The molecule has 2 saturated heterocycles. The number of hydrazine groups is 1. The van der Waals surface area contributed by atoms with Crippen molar-refractivity contribution in [1.29, 1.82) is 0 Å². The molecule has 4 nitrogen and oxygen atoms in total. The fourth-order valence-corrected chi connectivity index (χ4v) is 4.08. The van der Waals surface area contributed by atoms with E-state index in [-0.39, 0.29) is 17.7 Å². The highest BCUT2D eigenvalue weighted by Gasteiger charge is 2.48. The maximum atomic E-state index is 12.3. The molecule has 2 heterocycles. The van der Waals surface area contributed by atoms with E-state index in [1.54, 1.807) is 0 Å². The molecule has 0 saturated carbocycles. The number of piperidine rings is 1. The number of nitrogens with two attached hydrogens (primary N) is 1. The van der Waals surface area contributed by atoms with E-state index in [1.807, 2.05) is 0 Å². The van der Waals surface area contributed by atoms with Gasteiger partial charge in [0.1, 0.15) is 0 Å². The van der Waals surface area contributed by atoms with E-state index >= 15 is 0 Å². The van der Waals surface area contributed by atoms with Gasteiger partial charge >= 0.3 is 0 Å². The number of benzene rings is 1. The lowest BCUT2D eigenvalue weighted by Crippen LogP contribution is -2.52. The molecule has 0 spiro atoms. The second-order valence-corrected chi connectivity index (χ2v) is 6.25. The van der Waals surface area contributed by atoms with E-state index in [9.17, 15) is 4.79 Å². The molecule has 0 aromatic heterocycles. The zero-order valence-electron chi connectivity index (χ0n) is 12.2. The van der Waals surface area contributed by atoms with Gasteiger partial charge < -0.3 is 0 Å². The molecule has 1 aromatic carbocycles. The normalized spacial score (nSPS) is 33.1. The minimum atomic E-state index is -0.0357. The van der Waals surface area contributed by atoms with Crippen LogP contribution in [0.5, 0.6) is 0 Å². The van der Waals surface area contributed by atoms with Crippen LogP contribution < -0.4 is 11.3 Å². The fourth-order valence-electron chi connectivity index (χ4n) is 4.08. The molecule has 0 radical (unpaired) electrons. The average molecular weight is 273 g/mol. The Morgan fingerprint density at radius 3 is 2.65 bits per heavy atom. The van der Waals surface area contributed by atoms with Gasteiger partial charge in [0.15, 0.2) is 0 Å². The van der Waals surface area contributed by atoms with Gasteiger partial charge in [-0.2, -0.15) is 0 Å². The summed E-state index contributed by atoms with van der Waals surface area (Å²) in [6.07, 6.45) is 3.34. The molecule has 20 heavy (non-hydrogen) atoms. The Hall–Kier alpha value is -1.39. The van der Waals surface area contributed by atoms with Crippen molar-refractivity contribution in [3.63, 3.8) is 0 Å². The number of aryl methyl sites for hydroxylation is 1. The van der Waals surface area contributed by atoms with E-state index in [0.717, 1.165) is 12.8 Å². The molecule has 2 aliphatic rings. The van der Waals surface area contributed by atoms with Crippen LogP contribution in [0.25, 0.3) is 0 Å². The molecule has 4 heteroatoms. The van der Waals surface area contributed by atoms with Crippen molar-refractivity contribution >= 4 is 5.91 Å². The van der Waals surface area contributed by atoms with Gasteiger partial charge in [0.2, 0.25) is 5.91 Å². The highest BCUT2D eigenvalue weighted by Crippen LogP contribution is 2.46. The van der Waals surface area contributed by atoms with E-state index in [0.29, 0.717) is 12.1 Å². The topological polar surface area (TPSA) is 58.4 Å². The van der Waals surface area contributed by atoms with Crippen molar-refractivity contribution in [3.05, 3.63) is 35.4 Å². The van der Waals surface area contributed by atoms with Gasteiger partial charge in [-0.3, -0.25) is 15.1 Å². The number of hydrogen-bond donors (Lipinski definition) is 2. The first-order chi connectivity index (χ1) is 9.61. The Kier molecular flexibility index (Phi) is 3.52. The van der Waals surface area contributed by atoms with Crippen molar-refractivity contribution < 1.29 is 4.79 Å². The number of carbonyl (C=O) groups excluding carboxylic acids is 1. The van der Waals surface area contributed by atoms with Crippen molar-refractivity contribution in [1.82, 2.24) is 10.3 Å². The predicted octanol–water partition coefficient (Wildman–Crippen LogP) is 1.55. The first-order valence-corrected chi connectivity index (χ1v) is 7.40. The maximum Gasteiger partial charge on any atom is 0.239 e. The van der Waals surface area contributed by atoms with E-state index in [1.165, 1.54) is 17.5 Å². The number of amides is 1. The van der Waals surface area contributed by atoms with E-state index in [4.69, 9.17) is 5.84 Å². The lowest BCUT2D eigenvalue weighted by Gasteiger charge is -2.42. The van der Waals surface area contributed by atoms with Crippen LogP contribution in [0.2, 0.25) is 0 Å². The monoisotopic (exact) mass is 273 g/mol. The van der Waals surface area contributed by atoms with Gasteiger partial charge in [-0.15, -0.1) is 0 Å². The molecule has 3 rings (SSSR count). The molecule has 3 N–H and O–H groups in total. The van der Waals surface area contributed by atoms with Crippen molar-refractivity contribution in [3.8, 4) is 0 Å². The number of carbonyl (C=O) groups is 1. The Bertz CT molecular complexity index is 499. The molecule has 1 amide bonds. The summed E-state index contributed by atoms with van der Waals surface area (Å²) in [6.45, 7) is 2.09. The predicted molar refractivity (Wildman–Crippen MR) is 78.9 cm³/mol. The van der Waals surface area contributed by atoms with Gasteiger partial charge in [0.25, 0.3) is 0 Å². The maximum absolute atomic E-state index is 12.3. The van der Waals surface area contributed by atoms with Crippen LogP contribution in [-0.4, -0.2) is 29.9 Å². The van der Waals surface area contributed by atoms with Crippen LogP contribution >= 0.6 is 0 Å². The SMILES string of the molecule is Cc1ccc(C2CC3CCC(C2C(=O)NN)N3C)cc1. The highest BCUT2D eigenvalue weighted by molar-refractivity contribution is 5.80. The summed E-state index contributed by atoms with van der Waals surface area (Å²) in [7, 11) is 2.14. The van der Waals surface area contributed by atoms with Crippen LogP contribution in [0.4, 0.5) is 0 Å². The Balaban J connectivity index is 1.95. The number of nitrogens with zero attached hydrogens (tertiary/aromatic N) is 1. The number of hydrogen-bond acceptors (Lipinski definition) is 3. The molecular formula is C16H23N3O. The van der Waals surface area contributed by atoms with Crippen LogP contribution in [0.1, 0.15) is 36.3 Å². The lowest BCUT2D eigenvalue weighted by molar-refractivity contribution is -0.129. The minimum absolute atomic E-state index is 0.0206. The second kappa shape index (κ2) is 5.19. The van der Waals surface area contributed by atoms with Crippen molar-refractivity contribution in [2.75, 3.05) is 7.05 Å². The van der Waals surface area contributed by atoms with E-state index in [2.05, 4.69) is 48.6 Å². The van der Waals surface area contributed by atoms with Gasteiger partial charge in [0.05, 0.1) is 5.92 Å². The van der Waals surface area contributed by atoms with Crippen LogP contribution in [-0.2, 0) is 4.79 Å².